The third-order valence-corrected chi connectivity index (χ3v) is 4.07. The van der Waals surface area contributed by atoms with E-state index in [-0.39, 0.29) is 30.7 Å². The number of imide groups is 1. The van der Waals surface area contributed by atoms with Gasteiger partial charge in [-0.2, -0.15) is 0 Å². The van der Waals surface area contributed by atoms with Crippen molar-refractivity contribution in [2.75, 3.05) is 20.2 Å². The highest BCUT2D eigenvalue weighted by Crippen LogP contribution is 2.38. The molecule has 110 valence electrons. The molecule has 7 nitrogen and oxygen atoms in total. The Morgan fingerprint density at radius 2 is 2.29 bits per heavy atom. The van der Waals surface area contributed by atoms with Crippen LogP contribution >= 0.6 is 0 Å². The maximum absolute atomic E-state index is 12.5. The summed E-state index contributed by atoms with van der Waals surface area (Å²) in [6.07, 6.45) is 2.18. The Morgan fingerprint density at radius 1 is 1.48 bits per heavy atom. The Bertz CT molecular complexity index is 630. The lowest BCUT2D eigenvalue weighted by Crippen LogP contribution is -2.36. The summed E-state index contributed by atoms with van der Waals surface area (Å²) < 4.78 is 5.00. The Balaban J connectivity index is 1.78. The van der Waals surface area contributed by atoms with Crippen LogP contribution in [0.5, 0.6) is 5.88 Å². The minimum absolute atomic E-state index is 0.162. The zero-order valence-corrected chi connectivity index (χ0v) is 11.6. The number of carbonyl (C=O) groups is 3. The first-order valence-electron chi connectivity index (χ1n) is 6.68. The number of ether oxygens (including phenoxy) is 1. The van der Waals surface area contributed by atoms with Crippen LogP contribution in [-0.2, 0) is 9.59 Å². The number of aromatic nitrogens is 1. The number of nitrogens with one attached hydrogen (secondary N) is 1. The summed E-state index contributed by atoms with van der Waals surface area (Å²) >= 11 is 0. The molecule has 1 aromatic heterocycles. The second-order valence-corrected chi connectivity index (χ2v) is 5.40. The van der Waals surface area contributed by atoms with E-state index in [9.17, 15) is 14.4 Å². The number of hydrogen-bond donors (Lipinski definition) is 1. The molecule has 21 heavy (non-hydrogen) atoms. The molecule has 1 N–H and O–H groups in total. The third-order valence-electron chi connectivity index (χ3n) is 4.07. The van der Waals surface area contributed by atoms with Crippen LogP contribution in [0.3, 0.4) is 0 Å². The predicted molar refractivity (Wildman–Crippen MR) is 71.5 cm³/mol. The van der Waals surface area contributed by atoms with Gasteiger partial charge in [0.25, 0.3) is 5.91 Å². The zero-order chi connectivity index (χ0) is 15.0. The lowest BCUT2D eigenvalue weighted by atomic mass is 9.85. The van der Waals surface area contributed by atoms with Crippen LogP contribution in [-0.4, -0.2) is 47.8 Å². The smallest absolute Gasteiger partial charge is 0.254 e. The number of likely N-dealkylation sites (tertiary alicyclic amines) is 1. The van der Waals surface area contributed by atoms with E-state index in [1.165, 1.54) is 13.3 Å². The molecule has 2 fully saturated rings. The van der Waals surface area contributed by atoms with Crippen molar-refractivity contribution in [2.24, 2.45) is 5.41 Å². The van der Waals surface area contributed by atoms with Gasteiger partial charge in [0.05, 0.1) is 12.5 Å². The van der Waals surface area contributed by atoms with E-state index in [1.54, 1.807) is 17.0 Å². The summed E-state index contributed by atoms with van der Waals surface area (Å²) in [4.78, 5) is 41.3. The molecule has 0 aromatic carbocycles. The fourth-order valence-electron chi connectivity index (χ4n) is 2.90. The van der Waals surface area contributed by atoms with Crippen LogP contribution in [0.4, 0.5) is 0 Å². The number of carbonyl (C=O) groups excluding carboxylic acids is 3. The van der Waals surface area contributed by atoms with Gasteiger partial charge in [0.1, 0.15) is 0 Å². The van der Waals surface area contributed by atoms with E-state index in [4.69, 9.17) is 4.74 Å². The zero-order valence-electron chi connectivity index (χ0n) is 11.6. The summed E-state index contributed by atoms with van der Waals surface area (Å²) in [6, 6.07) is 3.17. The quantitative estimate of drug-likeness (QED) is 0.772. The number of pyridine rings is 1. The van der Waals surface area contributed by atoms with Crippen LogP contribution in [0, 0.1) is 5.41 Å². The summed E-state index contributed by atoms with van der Waals surface area (Å²) in [5.74, 6) is -0.349. The molecule has 2 aliphatic rings. The maximum Gasteiger partial charge on any atom is 0.254 e. The minimum Gasteiger partial charge on any atom is -0.481 e. The van der Waals surface area contributed by atoms with E-state index in [0.29, 0.717) is 24.4 Å². The topological polar surface area (TPSA) is 88.6 Å². The largest absolute Gasteiger partial charge is 0.481 e. The number of nitrogens with zero attached hydrogens (tertiary/aromatic N) is 2. The number of methoxy groups -OCH3 is 1. The molecular formula is C14H15N3O4. The van der Waals surface area contributed by atoms with Crippen LogP contribution in [0.25, 0.3) is 0 Å². The van der Waals surface area contributed by atoms with Gasteiger partial charge in [-0.25, -0.2) is 4.98 Å². The van der Waals surface area contributed by atoms with Gasteiger partial charge in [-0.15, -0.1) is 0 Å². The molecular weight excluding hydrogens is 274 g/mol. The van der Waals surface area contributed by atoms with Crippen LogP contribution < -0.4 is 10.1 Å². The van der Waals surface area contributed by atoms with Gasteiger partial charge < -0.3 is 9.64 Å². The number of rotatable bonds is 2. The molecule has 1 aromatic rings. The van der Waals surface area contributed by atoms with E-state index in [1.807, 2.05) is 0 Å². The molecule has 7 heteroatoms. The fourth-order valence-corrected chi connectivity index (χ4v) is 2.90. The first-order chi connectivity index (χ1) is 10.0. The standard InChI is InChI=1S/C14H15N3O4/c1-21-11-6-9(2-4-15-11)12(19)17-5-3-14(8-17)7-10(18)16-13(14)20/h2,4,6H,3,5,7-8H2,1H3,(H,16,18,20)/t14-/m0/s1. The Kier molecular flexibility index (Phi) is 3.12. The highest BCUT2D eigenvalue weighted by Gasteiger charge is 2.51. The first kappa shape index (κ1) is 13.5. The Hall–Kier alpha value is -2.44. The van der Waals surface area contributed by atoms with Gasteiger partial charge >= 0.3 is 0 Å². The molecule has 0 aliphatic carbocycles. The first-order valence-corrected chi connectivity index (χ1v) is 6.68. The molecule has 0 unspecified atom stereocenters. The van der Waals surface area contributed by atoms with Crippen LogP contribution in [0.2, 0.25) is 0 Å². The second kappa shape index (κ2) is 4.83. The summed E-state index contributed by atoms with van der Waals surface area (Å²) in [5, 5.41) is 2.32. The SMILES string of the molecule is COc1cc(C(=O)N2CC[C@]3(CC(=O)NC3=O)C2)ccn1. The van der Waals surface area contributed by atoms with Crippen LogP contribution in [0.15, 0.2) is 18.3 Å². The molecule has 2 aliphatic heterocycles. The van der Waals surface area contributed by atoms with Crippen LogP contribution in [0.1, 0.15) is 23.2 Å². The highest BCUT2D eigenvalue weighted by atomic mass is 16.5. The van der Waals surface area contributed by atoms with E-state index in [0.717, 1.165) is 0 Å². The fraction of sp³-hybridized carbons (Fsp3) is 0.429. The summed E-state index contributed by atoms with van der Waals surface area (Å²) in [5.41, 5.74) is -0.284. The lowest BCUT2D eigenvalue weighted by Gasteiger charge is -2.20. The normalized spacial score (nSPS) is 24.5. The van der Waals surface area contributed by atoms with Crippen molar-refractivity contribution in [1.82, 2.24) is 15.2 Å². The molecule has 2 saturated heterocycles. The average Bonchev–Trinajstić information content (AvgIpc) is 3.03. The van der Waals surface area contributed by atoms with Gasteiger partial charge in [-0.05, 0) is 12.5 Å². The monoisotopic (exact) mass is 289 g/mol. The molecule has 0 saturated carbocycles. The van der Waals surface area contributed by atoms with Crippen molar-refractivity contribution in [1.29, 1.82) is 0 Å². The van der Waals surface area contributed by atoms with Gasteiger partial charge in [-0.1, -0.05) is 0 Å². The van der Waals surface area contributed by atoms with E-state index in [2.05, 4.69) is 10.3 Å². The van der Waals surface area contributed by atoms with Gasteiger partial charge in [-0.3, -0.25) is 19.7 Å². The van der Waals surface area contributed by atoms with Crippen molar-refractivity contribution in [3.63, 3.8) is 0 Å². The lowest BCUT2D eigenvalue weighted by molar-refractivity contribution is -0.128. The van der Waals surface area contributed by atoms with Crippen molar-refractivity contribution < 1.29 is 19.1 Å². The van der Waals surface area contributed by atoms with Crippen molar-refractivity contribution >= 4 is 17.7 Å². The van der Waals surface area contributed by atoms with Gasteiger partial charge in [0.15, 0.2) is 0 Å². The van der Waals surface area contributed by atoms with Gasteiger partial charge in [0, 0.05) is 37.3 Å². The molecule has 0 bridgehead atoms. The number of hydrogen-bond acceptors (Lipinski definition) is 5. The molecule has 3 heterocycles. The molecule has 3 amide bonds. The van der Waals surface area contributed by atoms with Crippen molar-refractivity contribution in [3.8, 4) is 5.88 Å². The van der Waals surface area contributed by atoms with Crippen molar-refractivity contribution in [2.45, 2.75) is 12.8 Å². The number of amides is 3. The molecule has 1 spiro atoms. The predicted octanol–water partition coefficient (Wildman–Crippen LogP) is -0.0310. The molecule has 1 atom stereocenters. The Morgan fingerprint density at radius 3 is 2.95 bits per heavy atom. The minimum atomic E-state index is -0.746. The summed E-state index contributed by atoms with van der Waals surface area (Å²) in [6.45, 7) is 0.734. The van der Waals surface area contributed by atoms with Gasteiger partial charge in [0.2, 0.25) is 17.7 Å². The van der Waals surface area contributed by atoms with E-state index < -0.39 is 5.41 Å². The third kappa shape index (κ3) is 2.24. The second-order valence-electron chi connectivity index (χ2n) is 5.40. The van der Waals surface area contributed by atoms with Crippen molar-refractivity contribution in [3.05, 3.63) is 23.9 Å². The highest BCUT2D eigenvalue weighted by molar-refractivity contribution is 6.06. The molecule has 3 rings (SSSR count). The maximum atomic E-state index is 12.5. The Labute approximate surface area is 121 Å². The molecule has 0 radical (unpaired) electrons. The summed E-state index contributed by atoms with van der Waals surface area (Å²) in [7, 11) is 1.48. The average molecular weight is 289 g/mol. The van der Waals surface area contributed by atoms with E-state index >= 15 is 0 Å².